The highest BCUT2D eigenvalue weighted by molar-refractivity contribution is 5.93. The van der Waals surface area contributed by atoms with Crippen molar-refractivity contribution in [3.05, 3.63) is 66.3 Å². The molecule has 0 aliphatic carbocycles. The van der Waals surface area contributed by atoms with Crippen LogP contribution in [0.4, 0.5) is 21.7 Å². The van der Waals surface area contributed by atoms with Gasteiger partial charge in [-0.1, -0.05) is 0 Å². The number of nitrogens with one attached hydrogen (secondary N) is 3. The molecule has 5 heterocycles. The first-order valence-corrected chi connectivity index (χ1v) is 15.7. The van der Waals surface area contributed by atoms with Crippen LogP contribution in [0, 0.1) is 11.3 Å². The molecule has 0 radical (unpaired) electrons. The smallest absolute Gasteiger partial charge is 0.273 e. The molecule has 47 heavy (non-hydrogen) atoms. The van der Waals surface area contributed by atoms with Gasteiger partial charge in [0.1, 0.15) is 29.9 Å². The molecule has 0 bridgehead atoms. The van der Waals surface area contributed by atoms with E-state index >= 15 is 4.39 Å². The van der Waals surface area contributed by atoms with Gasteiger partial charge in [-0.2, -0.15) is 10.2 Å². The van der Waals surface area contributed by atoms with E-state index in [1.807, 2.05) is 12.1 Å². The summed E-state index contributed by atoms with van der Waals surface area (Å²) in [6, 6.07) is 15.9. The number of nitriles is 1. The fourth-order valence-corrected chi connectivity index (χ4v) is 6.07. The molecule has 3 saturated heterocycles. The monoisotopic (exact) mass is 641 g/mol. The number of hydrazine groups is 2. The molecule has 3 aromatic rings. The number of aromatic nitrogens is 3. The van der Waals surface area contributed by atoms with Crippen molar-refractivity contribution in [2.24, 2.45) is 0 Å². The van der Waals surface area contributed by atoms with Crippen LogP contribution in [0.3, 0.4) is 0 Å². The van der Waals surface area contributed by atoms with Crippen molar-refractivity contribution >= 4 is 23.2 Å². The number of piperidine rings is 1. The Morgan fingerprint density at radius 1 is 1.11 bits per heavy atom. The van der Waals surface area contributed by atoms with Crippen LogP contribution in [-0.4, -0.2) is 114 Å². The van der Waals surface area contributed by atoms with E-state index < -0.39 is 12.3 Å². The number of hydrogen-bond donors (Lipinski definition) is 3. The van der Waals surface area contributed by atoms with Crippen molar-refractivity contribution in [3.8, 4) is 23.2 Å². The topological polar surface area (TPSA) is 147 Å². The molecule has 15 heteroatoms. The van der Waals surface area contributed by atoms with Crippen molar-refractivity contribution in [3.63, 3.8) is 0 Å². The first-order chi connectivity index (χ1) is 22.9. The molecule has 0 spiro atoms. The third-order valence-electron chi connectivity index (χ3n) is 8.84. The van der Waals surface area contributed by atoms with E-state index in [4.69, 9.17) is 9.47 Å². The highest BCUT2D eigenvalue weighted by Crippen LogP contribution is 2.29. The lowest BCUT2D eigenvalue weighted by Crippen LogP contribution is -2.56. The molecular formula is C32H36FN11O3. The Kier molecular flexibility index (Phi) is 8.70. The first-order valence-electron chi connectivity index (χ1n) is 15.7. The SMILES string of the molecule is CN1C=C(C(=O)N2CC[C@H](Oc3ccc(-c4ncnc(Nc5ccc(N6CCN(C7COC7)CC6)cc5)n4)cc3C#N)[C@H](F)C2)NN1. The van der Waals surface area contributed by atoms with Crippen molar-refractivity contribution in [1.29, 1.82) is 5.26 Å². The molecule has 3 fully saturated rings. The average molecular weight is 642 g/mol. The highest BCUT2D eigenvalue weighted by Gasteiger charge is 2.35. The van der Waals surface area contributed by atoms with Crippen molar-refractivity contribution < 1.29 is 18.7 Å². The molecule has 7 rings (SSSR count). The van der Waals surface area contributed by atoms with Gasteiger partial charge in [-0.05, 0) is 42.5 Å². The minimum atomic E-state index is -1.42. The van der Waals surface area contributed by atoms with Gasteiger partial charge in [-0.15, -0.1) is 5.53 Å². The second-order valence-electron chi connectivity index (χ2n) is 11.9. The van der Waals surface area contributed by atoms with Crippen molar-refractivity contribution in [2.45, 2.75) is 24.7 Å². The fourth-order valence-electron chi connectivity index (χ4n) is 6.07. The van der Waals surface area contributed by atoms with Gasteiger partial charge in [-0.25, -0.2) is 14.4 Å². The molecule has 14 nitrogen and oxygen atoms in total. The van der Waals surface area contributed by atoms with Crippen molar-refractivity contribution in [1.82, 2.24) is 40.7 Å². The van der Waals surface area contributed by atoms with E-state index in [0.29, 0.717) is 35.6 Å². The lowest BCUT2D eigenvalue weighted by Gasteiger charge is -2.43. The van der Waals surface area contributed by atoms with Gasteiger partial charge in [0.05, 0.1) is 31.4 Å². The number of rotatable bonds is 8. The summed E-state index contributed by atoms with van der Waals surface area (Å²) >= 11 is 0. The molecule has 1 amide bonds. The van der Waals surface area contributed by atoms with Crippen molar-refractivity contribution in [2.75, 3.05) is 69.7 Å². The number of benzene rings is 2. The predicted molar refractivity (Wildman–Crippen MR) is 171 cm³/mol. The van der Waals surface area contributed by atoms with Gasteiger partial charge in [0.15, 0.2) is 12.0 Å². The van der Waals surface area contributed by atoms with E-state index in [0.717, 1.165) is 45.1 Å². The maximum Gasteiger partial charge on any atom is 0.273 e. The number of piperazine rings is 1. The van der Waals surface area contributed by atoms with E-state index in [1.54, 1.807) is 36.5 Å². The summed E-state index contributed by atoms with van der Waals surface area (Å²) in [7, 11) is 1.75. The van der Waals surface area contributed by atoms with Crippen LogP contribution in [0.15, 0.2) is 60.7 Å². The van der Waals surface area contributed by atoms with Crippen LogP contribution in [0.25, 0.3) is 11.4 Å². The quantitative estimate of drug-likeness (QED) is 0.329. The molecule has 2 aromatic carbocycles. The number of carbonyl (C=O) groups excluding carboxylic acids is 1. The number of carbonyl (C=O) groups is 1. The standard InChI is InChI=1S/C32H36FN11O3/c1-41-17-27(39-40-41)31(45)44-9-8-29(26(33)16-44)47-28-7-2-21(14-22(28)15-34)30-35-20-36-32(38-30)37-23-3-5-24(6-4-23)42-10-12-43(13-11-42)25-18-46-19-25/h2-7,14,17,20,25-26,29,39-40H,8-13,16,18-19H2,1H3,(H,35,36,37,38)/t26-,29+/m1/s1. The van der Waals surface area contributed by atoms with E-state index in [1.165, 1.54) is 16.9 Å². The number of halogens is 1. The number of hydrogen-bond acceptors (Lipinski definition) is 13. The summed E-state index contributed by atoms with van der Waals surface area (Å²) in [6.45, 7) is 5.94. The van der Waals surface area contributed by atoms with Gasteiger partial charge in [-0.3, -0.25) is 20.1 Å². The Morgan fingerprint density at radius 2 is 1.91 bits per heavy atom. The Hall–Kier alpha value is -5.04. The maximum absolute atomic E-state index is 15.2. The zero-order valence-corrected chi connectivity index (χ0v) is 26.0. The average Bonchev–Trinajstić information content (AvgIpc) is 3.51. The highest BCUT2D eigenvalue weighted by atomic mass is 19.1. The van der Waals surface area contributed by atoms with Gasteiger partial charge < -0.3 is 24.6 Å². The molecule has 1 aromatic heterocycles. The third-order valence-corrected chi connectivity index (χ3v) is 8.84. The second kappa shape index (κ2) is 13.4. The minimum absolute atomic E-state index is 0.108. The van der Waals surface area contributed by atoms with Gasteiger partial charge in [0, 0.05) is 69.3 Å². The van der Waals surface area contributed by atoms with Gasteiger partial charge in [0.2, 0.25) is 5.95 Å². The lowest BCUT2D eigenvalue weighted by atomic mass is 10.0. The van der Waals surface area contributed by atoms with Crippen LogP contribution in [0.1, 0.15) is 12.0 Å². The van der Waals surface area contributed by atoms with E-state index in [9.17, 15) is 10.1 Å². The largest absolute Gasteiger partial charge is 0.486 e. The molecule has 0 unspecified atom stereocenters. The molecule has 4 aliphatic heterocycles. The summed E-state index contributed by atoms with van der Waals surface area (Å²) in [5.74, 6) is 0.714. The van der Waals surface area contributed by atoms with E-state index in [2.05, 4.69) is 59.2 Å². The molecule has 244 valence electrons. The Labute approximate surface area is 271 Å². The number of nitrogens with zero attached hydrogens (tertiary/aromatic N) is 8. The zero-order valence-electron chi connectivity index (χ0n) is 26.0. The third kappa shape index (κ3) is 6.75. The first kappa shape index (κ1) is 30.6. The minimum Gasteiger partial charge on any atom is -0.486 e. The van der Waals surface area contributed by atoms with Gasteiger partial charge in [0.25, 0.3) is 5.91 Å². The molecular weight excluding hydrogens is 605 g/mol. The summed E-state index contributed by atoms with van der Waals surface area (Å²) in [4.78, 5) is 32.2. The van der Waals surface area contributed by atoms with Crippen LogP contribution in [0.2, 0.25) is 0 Å². The Balaban J connectivity index is 0.960. The second-order valence-corrected chi connectivity index (χ2v) is 11.9. The lowest BCUT2D eigenvalue weighted by molar-refractivity contribution is -0.131. The number of likely N-dealkylation sites (tertiary alicyclic amines) is 1. The van der Waals surface area contributed by atoms with Crippen LogP contribution in [-0.2, 0) is 9.53 Å². The predicted octanol–water partition coefficient (Wildman–Crippen LogP) is 1.79. The Bertz CT molecular complexity index is 1670. The number of ether oxygens (including phenoxy) is 2. The van der Waals surface area contributed by atoms with Gasteiger partial charge >= 0.3 is 0 Å². The van der Waals surface area contributed by atoms with Crippen LogP contribution in [0.5, 0.6) is 5.75 Å². The zero-order chi connectivity index (χ0) is 32.3. The Morgan fingerprint density at radius 3 is 2.60 bits per heavy atom. The normalized spacial score (nSPS) is 21.8. The number of alkyl halides is 1. The van der Waals surface area contributed by atoms with Crippen LogP contribution < -0.4 is 25.9 Å². The summed E-state index contributed by atoms with van der Waals surface area (Å²) < 4.78 is 26.5. The molecule has 2 atom stereocenters. The summed E-state index contributed by atoms with van der Waals surface area (Å²) in [5.41, 5.74) is 8.73. The van der Waals surface area contributed by atoms with E-state index in [-0.39, 0.29) is 30.2 Å². The number of anilines is 3. The summed E-state index contributed by atoms with van der Waals surface area (Å²) in [6.07, 6.45) is 1.09. The summed E-state index contributed by atoms with van der Waals surface area (Å²) in [5, 5.41) is 14.7. The fraction of sp³-hybridized carbons (Fsp3) is 0.406. The maximum atomic E-state index is 15.2. The number of amides is 1. The molecule has 3 N–H and O–H groups in total. The van der Waals surface area contributed by atoms with Crippen LogP contribution >= 0.6 is 0 Å². The molecule has 4 aliphatic rings. The molecule has 0 saturated carbocycles.